The molecule has 1 heterocycles. The van der Waals surface area contributed by atoms with Crippen molar-refractivity contribution >= 4 is 8.32 Å². The van der Waals surface area contributed by atoms with Crippen LogP contribution in [-0.4, -0.2) is 43.1 Å². The number of nitrogens with zero attached hydrogens (tertiary/aromatic N) is 1. The van der Waals surface area contributed by atoms with E-state index in [-0.39, 0.29) is 16.7 Å². The number of rotatable bonds is 6. The molecule has 1 aromatic carbocycles. The van der Waals surface area contributed by atoms with Crippen molar-refractivity contribution in [3.05, 3.63) is 35.9 Å². The van der Waals surface area contributed by atoms with Crippen LogP contribution in [-0.2, 0) is 11.0 Å². The van der Waals surface area contributed by atoms with Crippen molar-refractivity contribution in [2.24, 2.45) is 5.92 Å². The lowest BCUT2D eigenvalue weighted by Gasteiger charge is -2.42. The second kappa shape index (κ2) is 6.80. The highest BCUT2D eigenvalue weighted by molar-refractivity contribution is 6.74. The topological polar surface area (TPSA) is 32.7 Å². The molecular weight excluding hydrogens is 326 g/mol. The van der Waals surface area contributed by atoms with E-state index in [1.165, 1.54) is 5.56 Å². The van der Waals surface area contributed by atoms with E-state index in [1.807, 2.05) is 0 Å². The number of benzene rings is 1. The van der Waals surface area contributed by atoms with Crippen LogP contribution in [0.5, 0.6) is 0 Å². The van der Waals surface area contributed by atoms with E-state index in [4.69, 9.17) is 4.43 Å². The lowest BCUT2D eigenvalue weighted by atomic mass is 9.95. The number of likely N-dealkylation sites (tertiary alicyclic amines) is 1. The van der Waals surface area contributed by atoms with Crippen molar-refractivity contribution in [2.45, 2.75) is 76.4 Å². The second-order valence-corrected chi connectivity index (χ2v) is 14.4. The third-order valence-electron chi connectivity index (χ3n) is 6.55. The highest BCUT2D eigenvalue weighted by atomic mass is 28.4. The third-order valence-corrected chi connectivity index (χ3v) is 11.1. The summed E-state index contributed by atoms with van der Waals surface area (Å²) in [5, 5.41) is 11.3. The molecule has 1 aliphatic heterocycles. The molecule has 0 aromatic heterocycles. The van der Waals surface area contributed by atoms with E-state index in [0.29, 0.717) is 5.92 Å². The Labute approximate surface area is 154 Å². The summed E-state index contributed by atoms with van der Waals surface area (Å²) in [7, 11) is -1.84. The normalized spacial score (nSPS) is 25.1. The van der Waals surface area contributed by atoms with E-state index in [0.717, 1.165) is 38.9 Å². The van der Waals surface area contributed by atoms with Gasteiger partial charge in [-0.25, -0.2) is 0 Å². The molecule has 0 radical (unpaired) electrons. The van der Waals surface area contributed by atoms with Gasteiger partial charge in [-0.05, 0) is 49.5 Å². The van der Waals surface area contributed by atoms with Gasteiger partial charge in [0.2, 0.25) is 0 Å². The molecule has 0 amide bonds. The average molecular weight is 362 g/mol. The molecule has 2 unspecified atom stereocenters. The Morgan fingerprint density at radius 3 is 2.44 bits per heavy atom. The first kappa shape index (κ1) is 19.1. The molecule has 1 aliphatic carbocycles. The second-order valence-electron chi connectivity index (χ2n) is 9.64. The first-order valence-electron chi connectivity index (χ1n) is 9.77. The summed E-state index contributed by atoms with van der Waals surface area (Å²) >= 11 is 0. The number of hydrogen-bond donors (Lipinski definition) is 1. The zero-order valence-corrected chi connectivity index (χ0v) is 17.6. The molecule has 1 N–H and O–H groups in total. The molecule has 4 heteroatoms. The van der Waals surface area contributed by atoms with Crippen LogP contribution in [0.25, 0.3) is 0 Å². The van der Waals surface area contributed by atoms with E-state index < -0.39 is 8.32 Å². The summed E-state index contributed by atoms with van der Waals surface area (Å²) in [5.41, 5.74) is 1.10. The summed E-state index contributed by atoms with van der Waals surface area (Å²) < 4.78 is 6.70. The Bertz CT molecular complexity index is 577. The van der Waals surface area contributed by atoms with Gasteiger partial charge < -0.3 is 9.53 Å². The van der Waals surface area contributed by atoms with Crippen molar-refractivity contribution in [1.82, 2.24) is 4.90 Å². The molecule has 1 aromatic rings. The summed E-state index contributed by atoms with van der Waals surface area (Å²) in [5.74, 6) is 0.344. The van der Waals surface area contributed by atoms with Crippen LogP contribution in [0.2, 0.25) is 18.1 Å². The van der Waals surface area contributed by atoms with Gasteiger partial charge in [0, 0.05) is 19.0 Å². The Kier molecular flexibility index (Phi) is 5.19. The van der Waals surface area contributed by atoms with Crippen LogP contribution in [0.4, 0.5) is 0 Å². The molecule has 2 aliphatic rings. The van der Waals surface area contributed by atoms with Gasteiger partial charge in [0.05, 0.1) is 11.7 Å². The van der Waals surface area contributed by atoms with Crippen LogP contribution >= 0.6 is 0 Å². The lowest BCUT2D eigenvalue weighted by Crippen LogP contribution is -2.50. The zero-order chi connectivity index (χ0) is 18.3. The van der Waals surface area contributed by atoms with Gasteiger partial charge in [0.25, 0.3) is 0 Å². The zero-order valence-electron chi connectivity index (χ0n) is 16.6. The Morgan fingerprint density at radius 1 is 1.24 bits per heavy atom. The predicted octanol–water partition coefficient (Wildman–Crippen LogP) is 4.42. The van der Waals surface area contributed by atoms with Gasteiger partial charge in [-0.15, -0.1) is 0 Å². The molecule has 2 atom stereocenters. The van der Waals surface area contributed by atoms with Crippen molar-refractivity contribution in [2.75, 3.05) is 13.1 Å². The summed E-state index contributed by atoms with van der Waals surface area (Å²) in [6.45, 7) is 14.5. The van der Waals surface area contributed by atoms with Crippen molar-refractivity contribution < 1.29 is 9.53 Å². The molecule has 0 bridgehead atoms. The molecule has 3 rings (SSSR count). The van der Waals surface area contributed by atoms with Crippen LogP contribution in [0.3, 0.4) is 0 Å². The fourth-order valence-corrected chi connectivity index (χ4v) is 5.43. The van der Waals surface area contributed by atoms with Crippen molar-refractivity contribution in [1.29, 1.82) is 0 Å². The highest BCUT2D eigenvalue weighted by Crippen LogP contribution is 2.51. The summed E-state index contributed by atoms with van der Waals surface area (Å²) in [6, 6.07) is 10.6. The largest absolute Gasteiger partial charge is 0.409 e. The molecule has 2 fully saturated rings. The minimum atomic E-state index is -1.84. The van der Waals surface area contributed by atoms with Gasteiger partial charge >= 0.3 is 0 Å². The minimum absolute atomic E-state index is 0.192. The molecule has 1 saturated heterocycles. The molecular formula is C21H35NO2Si. The fraction of sp³-hybridized carbons (Fsp3) is 0.714. The Morgan fingerprint density at radius 2 is 1.88 bits per heavy atom. The van der Waals surface area contributed by atoms with Crippen LogP contribution < -0.4 is 0 Å². The van der Waals surface area contributed by atoms with Gasteiger partial charge in [0.1, 0.15) is 0 Å². The molecule has 3 nitrogen and oxygen atoms in total. The van der Waals surface area contributed by atoms with E-state index in [1.54, 1.807) is 0 Å². The Balaban J connectivity index is 1.59. The van der Waals surface area contributed by atoms with Gasteiger partial charge in [-0.3, -0.25) is 4.90 Å². The van der Waals surface area contributed by atoms with Crippen LogP contribution in [0.15, 0.2) is 30.3 Å². The van der Waals surface area contributed by atoms with Gasteiger partial charge in [-0.2, -0.15) is 0 Å². The van der Waals surface area contributed by atoms with E-state index >= 15 is 0 Å². The smallest absolute Gasteiger partial charge is 0.192 e. The maximum Gasteiger partial charge on any atom is 0.192 e. The average Bonchev–Trinajstić information content (AvgIpc) is 3.15. The first-order valence-corrected chi connectivity index (χ1v) is 12.7. The fourth-order valence-electron chi connectivity index (χ4n) is 3.78. The van der Waals surface area contributed by atoms with Crippen LogP contribution in [0, 0.1) is 5.92 Å². The van der Waals surface area contributed by atoms with E-state index in [2.05, 4.69) is 69.1 Å². The lowest BCUT2D eigenvalue weighted by molar-refractivity contribution is -0.0248. The minimum Gasteiger partial charge on any atom is -0.409 e. The maximum absolute atomic E-state index is 11.1. The third kappa shape index (κ3) is 4.18. The molecule has 0 spiro atoms. The number of aliphatic hydroxyl groups is 1. The maximum atomic E-state index is 11.1. The number of aliphatic hydroxyl groups excluding tert-OH is 1. The molecule has 1 saturated carbocycles. The monoisotopic (exact) mass is 361 g/mol. The highest BCUT2D eigenvalue weighted by Gasteiger charge is 2.57. The number of hydrogen-bond acceptors (Lipinski definition) is 3. The SMILES string of the molecule is CC(C)(C)[Si](C)(C)OC1(C(O)C2CCN(Cc3ccccc3)C2)CC1. The molecule has 25 heavy (non-hydrogen) atoms. The summed E-state index contributed by atoms with van der Waals surface area (Å²) in [6.07, 6.45) is 2.81. The standard InChI is InChI=1S/C21H35NO2Si/c1-20(2,3)25(4,5)24-21(12-13-21)19(23)18-11-14-22(16-18)15-17-9-7-6-8-10-17/h6-10,18-19,23H,11-16H2,1-5H3. The first-order chi connectivity index (χ1) is 11.6. The predicted molar refractivity (Wildman–Crippen MR) is 106 cm³/mol. The van der Waals surface area contributed by atoms with E-state index in [9.17, 15) is 5.11 Å². The van der Waals surface area contributed by atoms with Crippen molar-refractivity contribution in [3.63, 3.8) is 0 Å². The Hall–Kier alpha value is -0.683. The van der Waals surface area contributed by atoms with Crippen LogP contribution in [0.1, 0.15) is 45.6 Å². The van der Waals surface area contributed by atoms with Crippen molar-refractivity contribution in [3.8, 4) is 0 Å². The van der Waals surface area contributed by atoms with Gasteiger partial charge in [0.15, 0.2) is 8.32 Å². The molecule has 140 valence electrons. The summed E-state index contributed by atoms with van der Waals surface area (Å²) in [4.78, 5) is 2.48. The quantitative estimate of drug-likeness (QED) is 0.761. The van der Waals surface area contributed by atoms with Gasteiger partial charge in [-0.1, -0.05) is 51.1 Å².